The minimum Gasteiger partial charge on any atom is -0.480 e. The summed E-state index contributed by atoms with van der Waals surface area (Å²) in [6.07, 6.45) is 0.298. The van der Waals surface area contributed by atoms with E-state index in [1.807, 2.05) is 11.4 Å². The first-order valence-electron chi connectivity index (χ1n) is 5.17. The minimum atomic E-state index is -1.01. The van der Waals surface area contributed by atoms with Crippen LogP contribution >= 0.6 is 27.3 Å². The van der Waals surface area contributed by atoms with Gasteiger partial charge in [-0.05, 0) is 27.4 Å². The van der Waals surface area contributed by atoms with Crippen molar-refractivity contribution in [2.75, 3.05) is 0 Å². The van der Waals surface area contributed by atoms with Crippen molar-refractivity contribution in [2.45, 2.75) is 26.3 Å². The maximum Gasteiger partial charge on any atom is 0.326 e. The molecule has 0 aliphatic heterocycles. The highest BCUT2D eigenvalue weighted by Gasteiger charge is 2.22. The number of nitrogens with one attached hydrogen (secondary N) is 1. The molecule has 0 aromatic carbocycles. The van der Waals surface area contributed by atoms with Gasteiger partial charge in [0.15, 0.2) is 0 Å². The third-order valence-corrected chi connectivity index (χ3v) is 4.17. The average molecular weight is 320 g/mol. The molecule has 1 rings (SSSR count). The van der Waals surface area contributed by atoms with Crippen LogP contribution in [0.25, 0.3) is 0 Å². The highest BCUT2D eigenvalue weighted by Crippen LogP contribution is 2.24. The van der Waals surface area contributed by atoms with E-state index in [-0.39, 0.29) is 11.8 Å². The molecule has 1 heterocycles. The summed E-state index contributed by atoms with van der Waals surface area (Å²) in [4.78, 5) is 23.5. The number of rotatable bonds is 5. The summed E-state index contributed by atoms with van der Waals surface area (Å²) in [7, 11) is 0. The van der Waals surface area contributed by atoms with E-state index in [1.165, 1.54) is 11.3 Å². The van der Waals surface area contributed by atoms with Crippen LogP contribution in [0.3, 0.4) is 0 Å². The van der Waals surface area contributed by atoms with Crippen LogP contribution in [0, 0.1) is 5.92 Å². The second kappa shape index (κ2) is 6.16. The molecule has 0 bridgehead atoms. The molecule has 94 valence electrons. The van der Waals surface area contributed by atoms with Crippen LogP contribution in [0.5, 0.6) is 0 Å². The largest absolute Gasteiger partial charge is 0.480 e. The predicted molar refractivity (Wildman–Crippen MR) is 70.1 cm³/mol. The molecule has 0 saturated heterocycles. The Morgan fingerprint density at radius 3 is 2.59 bits per heavy atom. The summed E-state index contributed by atoms with van der Waals surface area (Å²) < 4.78 is 0.882. The molecule has 0 radical (unpaired) electrons. The van der Waals surface area contributed by atoms with E-state index in [0.29, 0.717) is 6.42 Å². The lowest BCUT2D eigenvalue weighted by molar-refractivity contribution is -0.142. The van der Waals surface area contributed by atoms with E-state index in [0.717, 1.165) is 9.35 Å². The van der Waals surface area contributed by atoms with Gasteiger partial charge >= 0.3 is 5.97 Å². The lowest BCUT2D eigenvalue weighted by Crippen LogP contribution is -2.43. The van der Waals surface area contributed by atoms with Gasteiger partial charge in [-0.3, -0.25) is 4.79 Å². The van der Waals surface area contributed by atoms with E-state index < -0.39 is 12.0 Å². The van der Waals surface area contributed by atoms with Crippen molar-refractivity contribution >= 4 is 39.1 Å². The summed E-state index contributed by atoms with van der Waals surface area (Å²) in [5.41, 5.74) is 0. The molecule has 0 saturated carbocycles. The van der Waals surface area contributed by atoms with Gasteiger partial charge in [-0.25, -0.2) is 4.79 Å². The summed E-state index contributed by atoms with van der Waals surface area (Å²) in [5, 5.41) is 13.5. The number of amides is 1. The highest BCUT2D eigenvalue weighted by molar-refractivity contribution is 9.10. The van der Waals surface area contributed by atoms with Gasteiger partial charge in [0, 0.05) is 21.7 Å². The first kappa shape index (κ1) is 14.2. The molecule has 0 aliphatic carbocycles. The van der Waals surface area contributed by atoms with Crippen molar-refractivity contribution in [3.8, 4) is 0 Å². The van der Waals surface area contributed by atoms with Crippen LogP contribution in [-0.2, 0) is 16.0 Å². The quantitative estimate of drug-likeness (QED) is 0.875. The Balaban J connectivity index is 2.71. The van der Waals surface area contributed by atoms with Gasteiger partial charge in [0.05, 0.1) is 0 Å². The summed E-state index contributed by atoms with van der Waals surface area (Å²) >= 11 is 4.81. The second-order valence-electron chi connectivity index (χ2n) is 3.95. The SMILES string of the molecule is CC(C)C(=O)N[C@@H](Cc1sccc1Br)C(=O)O. The average Bonchev–Trinajstić information content (AvgIpc) is 2.62. The van der Waals surface area contributed by atoms with Gasteiger partial charge < -0.3 is 10.4 Å². The Bertz CT molecular complexity index is 417. The molecule has 6 heteroatoms. The second-order valence-corrected chi connectivity index (χ2v) is 5.80. The Morgan fingerprint density at radius 1 is 1.53 bits per heavy atom. The van der Waals surface area contributed by atoms with E-state index in [2.05, 4.69) is 21.2 Å². The van der Waals surface area contributed by atoms with Crippen molar-refractivity contribution in [3.63, 3.8) is 0 Å². The highest BCUT2D eigenvalue weighted by atomic mass is 79.9. The lowest BCUT2D eigenvalue weighted by Gasteiger charge is -2.15. The zero-order valence-electron chi connectivity index (χ0n) is 9.57. The van der Waals surface area contributed by atoms with Crippen LogP contribution in [0.15, 0.2) is 15.9 Å². The predicted octanol–water partition coefficient (Wildman–Crippen LogP) is 2.28. The Hall–Kier alpha value is -0.880. The summed E-state index contributed by atoms with van der Waals surface area (Å²) in [6, 6.07) is 0.989. The molecule has 0 spiro atoms. The van der Waals surface area contributed by atoms with Crippen molar-refractivity contribution in [1.29, 1.82) is 0 Å². The van der Waals surface area contributed by atoms with Crippen LogP contribution in [0.2, 0.25) is 0 Å². The maximum atomic E-state index is 11.5. The fourth-order valence-electron chi connectivity index (χ4n) is 1.19. The van der Waals surface area contributed by atoms with Crippen LogP contribution in [0.4, 0.5) is 0 Å². The van der Waals surface area contributed by atoms with Crippen LogP contribution in [0.1, 0.15) is 18.7 Å². The van der Waals surface area contributed by atoms with E-state index in [1.54, 1.807) is 13.8 Å². The molecule has 0 unspecified atom stereocenters. The molecule has 1 aromatic heterocycles. The van der Waals surface area contributed by atoms with Crippen molar-refractivity contribution in [1.82, 2.24) is 5.32 Å². The molecule has 2 N–H and O–H groups in total. The third kappa shape index (κ3) is 4.12. The Kier molecular flexibility index (Phi) is 5.14. The topological polar surface area (TPSA) is 66.4 Å². The number of hydrogen-bond donors (Lipinski definition) is 2. The molecule has 17 heavy (non-hydrogen) atoms. The van der Waals surface area contributed by atoms with Crippen LogP contribution in [-0.4, -0.2) is 23.0 Å². The van der Waals surface area contributed by atoms with Crippen molar-refractivity contribution < 1.29 is 14.7 Å². The Labute approximate surface area is 112 Å². The van der Waals surface area contributed by atoms with Gasteiger partial charge in [-0.2, -0.15) is 0 Å². The molecular weight excluding hydrogens is 306 g/mol. The number of carboxylic acid groups (broad SMARTS) is 1. The molecule has 1 aromatic rings. The Morgan fingerprint density at radius 2 is 2.18 bits per heavy atom. The lowest BCUT2D eigenvalue weighted by atomic mass is 10.1. The molecule has 0 fully saturated rings. The van der Waals surface area contributed by atoms with Crippen molar-refractivity contribution in [2.24, 2.45) is 5.92 Å². The van der Waals surface area contributed by atoms with Gasteiger partial charge in [0.25, 0.3) is 0 Å². The van der Waals surface area contributed by atoms with Crippen molar-refractivity contribution in [3.05, 3.63) is 20.8 Å². The molecular formula is C11H14BrNO3S. The standard InChI is InChI=1S/C11H14BrNO3S/c1-6(2)10(14)13-8(11(15)16)5-9-7(12)3-4-17-9/h3-4,6,8H,5H2,1-2H3,(H,13,14)(H,15,16)/t8-/m0/s1. The summed E-state index contributed by atoms with van der Waals surface area (Å²) in [5.74, 6) is -1.48. The molecule has 1 atom stereocenters. The normalized spacial score (nSPS) is 12.5. The number of hydrogen-bond acceptors (Lipinski definition) is 3. The third-order valence-electron chi connectivity index (χ3n) is 2.22. The van der Waals surface area contributed by atoms with Gasteiger partial charge in [-0.1, -0.05) is 13.8 Å². The number of carboxylic acids is 1. The molecule has 1 amide bonds. The van der Waals surface area contributed by atoms with Gasteiger partial charge in [0.2, 0.25) is 5.91 Å². The number of halogens is 1. The first-order valence-corrected chi connectivity index (χ1v) is 6.84. The number of aliphatic carboxylic acids is 1. The van der Waals surface area contributed by atoms with E-state index >= 15 is 0 Å². The van der Waals surface area contributed by atoms with E-state index in [9.17, 15) is 9.59 Å². The monoisotopic (exact) mass is 319 g/mol. The zero-order chi connectivity index (χ0) is 13.0. The number of thiophene rings is 1. The van der Waals surface area contributed by atoms with Gasteiger partial charge in [-0.15, -0.1) is 11.3 Å². The minimum absolute atomic E-state index is 0.219. The zero-order valence-corrected chi connectivity index (χ0v) is 12.0. The molecule has 4 nitrogen and oxygen atoms in total. The molecule has 0 aliphatic rings. The summed E-state index contributed by atoms with van der Waals surface area (Å²) in [6.45, 7) is 3.46. The van der Waals surface area contributed by atoms with Crippen LogP contribution < -0.4 is 5.32 Å². The fourth-order valence-corrected chi connectivity index (χ4v) is 2.76. The number of carbonyl (C=O) groups is 2. The maximum absolute atomic E-state index is 11.5. The van der Waals surface area contributed by atoms with E-state index in [4.69, 9.17) is 5.11 Å². The smallest absolute Gasteiger partial charge is 0.326 e. The fraction of sp³-hybridized carbons (Fsp3) is 0.455. The first-order chi connectivity index (χ1) is 7.91. The number of carbonyl (C=O) groups excluding carboxylic acids is 1. The van der Waals surface area contributed by atoms with Gasteiger partial charge in [0.1, 0.15) is 6.04 Å².